The maximum absolute atomic E-state index is 12.7. The van der Waals surface area contributed by atoms with Gasteiger partial charge in [0.15, 0.2) is 0 Å². The van der Waals surface area contributed by atoms with Gasteiger partial charge in [-0.25, -0.2) is 8.42 Å². The van der Waals surface area contributed by atoms with Crippen molar-refractivity contribution < 1.29 is 18.3 Å². The third kappa shape index (κ3) is 2.88. The lowest BCUT2D eigenvalue weighted by atomic mass is 10.1. The Morgan fingerprint density at radius 2 is 2.00 bits per heavy atom. The maximum atomic E-state index is 12.7. The molecule has 2 rings (SSSR count). The average Bonchev–Trinajstić information content (AvgIpc) is 2.47. The smallest absolute Gasteiger partial charge is 0.243 e. The Labute approximate surface area is 120 Å². The van der Waals surface area contributed by atoms with Crippen LogP contribution in [0.3, 0.4) is 0 Å². The molecule has 112 valence electrons. The Morgan fingerprint density at radius 3 is 2.60 bits per heavy atom. The number of ether oxygens (including phenoxy) is 1. The molecule has 1 aromatic carbocycles. The molecule has 5 nitrogen and oxygen atoms in total. The SMILES string of the molecule is Cc1c(CO)cccc1S(=O)(=O)N(C)C1CCOCC1. The van der Waals surface area contributed by atoms with Crippen LogP contribution in [0.4, 0.5) is 0 Å². The maximum Gasteiger partial charge on any atom is 0.243 e. The number of aliphatic hydroxyl groups excluding tert-OH is 1. The van der Waals surface area contributed by atoms with Crippen LogP contribution in [0.15, 0.2) is 23.1 Å². The summed E-state index contributed by atoms with van der Waals surface area (Å²) in [6.07, 6.45) is 1.43. The summed E-state index contributed by atoms with van der Waals surface area (Å²) < 4.78 is 32.2. The molecule has 0 aromatic heterocycles. The molecule has 6 heteroatoms. The second kappa shape index (κ2) is 6.22. The predicted molar refractivity (Wildman–Crippen MR) is 75.9 cm³/mol. The van der Waals surface area contributed by atoms with Crippen LogP contribution in [0.1, 0.15) is 24.0 Å². The van der Waals surface area contributed by atoms with E-state index in [9.17, 15) is 13.5 Å². The standard InChI is InChI=1S/C14H21NO4S/c1-11-12(10-16)4-3-5-14(11)20(17,18)15(2)13-6-8-19-9-7-13/h3-5,13,16H,6-10H2,1-2H3. The van der Waals surface area contributed by atoms with Gasteiger partial charge >= 0.3 is 0 Å². The lowest BCUT2D eigenvalue weighted by Crippen LogP contribution is -2.40. The van der Waals surface area contributed by atoms with E-state index in [1.54, 1.807) is 32.2 Å². The number of nitrogens with zero attached hydrogens (tertiary/aromatic N) is 1. The second-order valence-electron chi connectivity index (χ2n) is 5.06. The highest BCUT2D eigenvalue weighted by molar-refractivity contribution is 7.89. The normalized spacial score (nSPS) is 17.6. The monoisotopic (exact) mass is 299 g/mol. The Kier molecular flexibility index (Phi) is 4.80. The number of aliphatic hydroxyl groups is 1. The number of hydrogen-bond donors (Lipinski definition) is 1. The third-order valence-electron chi connectivity index (χ3n) is 3.93. The molecule has 0 bridgehead atoms. The van der Waals surface area contributed by atoms with Crippen molar-refractivity contribution in [3.05, 3.63) is 29.3 Å². The first-order valence-corrected chi connectivity index (χ1v) is 8.17. The number of sulfonamides is 1. The van der Waals surface area contributed by atoms with Crippen LogP contribution in [-0.4, -0.2) is 44.1 Å². The minimum absolute atomic E-state index is 0.0223. The first-order chi connectivity index (χ1) is 9.48. The van der Waals surface area contributed by atoms with E-state index in [0.29, 0.717) is 37.2 Å². The van der Waals surface area contributed by atoms with Gasteiger partial charge in [0.2, 0.25) is 10.0 Å². The van der Waals surface area contributed by atoms with E-state index in [0.717, 1.165) is 0 Å². The lowest BCUT2D eigenvalue weighted by molar-refractivity contribution is 0.0632. The van der Waals surface area contributed by atoms with E-state index in [4.69, 9.17) is 4.74 Å². The first kappa shape index (κ1) is 15.4. The average molecular weight is 299 g/mol. The van der Waals surface area contributed by atoms with Gasteiger partial charge in [-0.3, -0.25) is 0 Å². The minimum Gasteiger partial charge on any atom is -0.392 e. The molecule has 1 fully saturated rings. The van der Waals surface area contributed by atoms with Gasteiger partial charge < -0.3 is 9.84 Å². The zero-order valence-electron chi connectivity index (χ0n) is 11.9. The number of benzene rings is 1. The van der Waals surface area contributed by atoms with E-state index in [1.807, 2.05) is 0 Å². The topological polar surface area (TPSA) is 66.8 Å². The molecule has 0 amide bonds. The van der Waals surface area contributed by atoms with E-state index < -0.39 is 10.0 Å². The molecule has 0 radical (unpaired) electrons. The zero-order chi connectivity index (χ0) is 14.8. The van der Waals surface area contributed by atoms with Gasteiger partial charge in [0.1, 0.15) is 0 Å². The molecule has 20 heavy (non-hydrogen) atoms. The summed E-state index contributed by atoms with van der Waals surface area (Å²) >= 11 is 0. The summed E-state index contributed by atoms with van der Waals surface area (Å²) in [5.41, 5.74) is 1.26. The molecular weight excluding hydrogens is 278 g/mol. The summed E-state index contributed by atoms with van der Waals surface area (Å²) in [5.74, 6) is 0. The highest BCUT2D eigenvalue weighted by atomic mass is 32.2. The Balaban J connectivity index is 2.34. The largest absolute Gasteiger partial charge is 0.392 e. The van der Waals surface area contributed by atoms with Crippen LogP contribution in [0.2, 0.25) is 0 Å². The fourth-order valence-corrected chi connectivity index (χ4v) is 4.19. The highest BCUT2D eigenvalue weighted by Crippen LogP contribution is 2.25. The van der Waals surface area contributed by atoms with E-state index in [2.05, 4.69) is 0 Å². The van der Waals surface area contributed by atoms with Crippen molar-refractivity contribution in [3.8, 4) is 0 Å². The van der Waals surface area contributed by atoms with Crippen LogP contribution < -0.4 is 0 Å². The van der Waals surface area contributed by atoms with Crippen molar-refractivity contribution in [1.82, 2.24) is 4.31 Å². The molecule has 1 N–H and O–H groups in total. The number of hydrogen-bond acceptors (Lipinski definition) is 4. The zero-order valence-corrected chi connectivity index (χ0v) is 12.7. The second-order valence-corrected chi connectivity index (χ2v) is 7.03. The van der Waals surface area contributed by atoms with Gasteiger partial charge in [-0.15, -0.1) is 0 Å². The Morgan fingerprint density at radius 1 is 1.35 bits per heavy atom. The molecule has 0 aliphatic carbocycles. The molecular formula is C14H21NO4S. The number of rotatable bonds is 4. The van der Waals surface area contributed by atoms with E-state index in [-0.39, 0.29) is 17.5 Å². The van der Waals surface area contributed by atoms with Crippen LogP contribution in [0, 0.1) is 6.92 Å². The fourth-order valence-electron chi connectivity index (χ4n) is 2.51. The van der Waals surface area contributed by atoms with Crippen LogP contribution in [0.25, 0.3) is 0 Å². The van der Waals surface area contributed by atoms with Crippen molar-refractivity contribution in [2.24, 2.45) is 0 Å². The van der Waals surface area contributed by atoms with Crippen LogP contribution in [0.5, 0.6) is 0 Å². The molecule has 0 unspecified atom stereocenters. The minimum atomic E-state index is -3.54. The van der Waals surface area contributed by atoms with E-state index >= 15 is 0 Å². The molecule has 0 atom stereocenters. The molecule has 1 aromatic rings. The Bertz CT molecular complexity index is 565. The molecule has 1 aliphatic heterocycles. The fraction of sp³-hybridized carbons (Fsp3) is 0.571. The van der Waals surface area contributed by atoms with Gasteiger partial charge in [-0.1, -0.05) is 12.1 Å². The molecule has 0 saturated carbocycles. The molecule has 0 spiro atoms. The van der Waals surface area contributed by atoms with Crippen molar-refractivity contribution in [3.63, 3.8) is 0 Å². The van der Waals surface area contributed by atoms with Crippen molar-refractivity contribution in [1.29, 1.82) is 0 Å². The lowest BCUT2D eigenvalue weighted by Gasteiger charge is -2.31. The summed E-state index contributed by atoms with van der Waals surface area (Å²) in [6, 6.07) is 4.98. The van der Waals surface area contributed by atoms with Crippen molar-refractivity contribution in [2.75, 3.05) is 20.3 Å². The predicted octanol–water partition coefficient (Wildman–Crippen LogP) is 1.29. The van der Waals surface area contributed by atoms with Crippen LogP contribution >= 0.6 is 0 Å². The summed E-state index contributed by atoms with van der Waals surface area (Å²) in [5, 5.41) is 9.27. The summed E-state index contributed by atoms with van der Waals surface area (Å²) in [7, 11) is -1.91. The van der Waals surface area contributed by atoms with Crippen molar-refractivity contribution in [2.45, 2.75) is 37.3 Å². The molecule has 1 aliphatic rings. The van der Waals surface area contributed by atoms with Gasteiger partial charge in [-0.05, 0) is 37.0 Å². The summed E-state index contributed by atoms with van der Waals surface area (Å²) in [4.78, 5) is 0.276. The Hall–Kier alpha value is -0.950. The van der Waals surface area contributed by atoms with Gasteiger partial charge in [0, 0.05) is 26.3 Å². The molecule has 1 heterocycles. The molecule has 1 saturated heterocycles. The van der Waals surface area contributed by atoms with Gasteiger partial charge in [-0.2, -0.15) is 4.31 Å². The van der Waals surface area contributed by atoms with Crippen molar-refractivity contribution >= 4 is 10.0 Å². The van der Waals surface area contributed by atoms with Crippen LogP contribution in [-0.2, 0) is 21.4 Å². The van der Waals surface area contributed by atoms with E-state index in [1.165, 1.54) is 4.31 Å². The summed E-state index contributed by atoms with van der Waals surface area (Å²) in [6.45, 7) is 2.77. The third-order valence-corrected chi connectivity index (χ3v) is 5.98. The van der Waals surface area contributed by atoms with Gasteiger partial charge in [0.05, 0.1) is 11.5 Å². The highest BCUT2D eigenvalue weighted by Gasteiger charge is 2.30. The quantitative estimate of drug-likeness (QED) is 0.909. The van der Waals surface area contributed by atoms with Gasteiger partial charge in [0.25, 0.3) is 0 Å². The first-order valence-electron chi connectivity index (χ1n) is 6.73.